The minimum absolute atomic E-state index is 0.0349. The summed E-state index contributed by atoms with van der Waals surface area (Å²) in [5.74, 6) is -0.0474. The van der Waals surface area contributed by atoms with E-state index in [1.807, 2.05) is 17.0 Å². The number of nitrogens with zero attached hydrogens (tertiary/aromatic N) is 2. The zero-order valence-electron chi connectivity index (χ0n) is 16.9. The van der Waals surface area contributed by atoms with Crippen molar-refractivity contribution in [2.75, 3.05) is 31.1 Å². The highest BCUT2D eigenvalue weighted by molar-refractivity contribution is 6.09. The van der Waals surface area contributed by atoms with Gasteiger partial charge in [0.2, 0.25) is 11.8 Å². The lowest BCUT2D eigenvalue weighted by Gasteiger charge is -2.35. The third-order valence-corrected chi connectivity index (χ3v) is 5.87. The number of anilines is 1. The van der Waals surface area contributed by atoms with Gasteiger partial charge in [-0.25, -0.2) is 0 Å². The second-order valence-corrected chi connectivity index (χ2v) is 8.09. The van der Waals surface area contributed by atoms with Gasteiger partial charge < -0.3 is 15.1 Å². The van der Waals surface area contributed by atoms with Gasteiger partial charge in [0.25, 0.3) is 0 Å². The smallest absolute Gasteiger partial charge is 0.239 e. The van der Waals surface area contributed by atoms with E-state index in [0.717, 1.165) is 44.6 Å². The van der Waals surface area contributed by atoms with Crippen LogP contribution in [0.3, 0.4) is 0 Å². The van der Waals surface area contributed by atoms with Gasteiger partial charge in [0.1, 0.15) is 5.92 Å². The molecule has 5 nitrogen and oxygen atoms in total. The van der Waals surface area contributed by atoms with Crippen molar-refractivity contribution >= 4 is 17.5 Å². The van der Waals surface area contributed by atoms with Gasteiger partial charge in [-0.15, -0.1) is 0 Å². The SMILES string of the molecule is CCCN(C(=O)C1CCN(c2ccc(C(C)C)cc2)C1=O)C1CCNCC1. The van der Waals surface area contributed by atoms with E-state index in [0.29, 0.717) is 18.9 Å². The molecule has 0 radical (unpaired) electrons. The van der Waals surface area contributed by atoms with Crippen molar-refractivity contribution in [2.24, 2.45) is 5.92 Å². The average molecular weight is 372 g/mol. The molecule has 2 heterocycles. The molecule has 3 rings (SSSR count). The molecule has 0 saturated carbocycles. The number of piperidine rings is 1. The van der Waals surface area contributed by atoms with E-state index in [9.17, 15) is 9.59 Å². The van der Waals surface area contributed by atoms with Gasteiger partial charge in [0.05, 0.1) is 0 Å². The molecule has 5 heteroatoms. The van der Waals surface area contributed by atoms with Crippen LogP contribution in [0, 0.1) is 5.92 Å². The number of rotatable bonds is 6. The van der Waals surface area contributed by atoms with Gasteiger partial charge in [-0.3, -0.25) is 9.59 Å². The van der Waals surface area contributed by atoms with E-state index in [4.69, 9.17) is 0 Å². The van der Waals surface area contributed by atoms with Gasteiger partial charge >= 0.3 is 0 Å². The monoisotopic (exact) mass is 371 g/mol. The standard InChI is InChI=1S/C22H33N3O2/c1-4-14-24(19-9-12-23-13-10-19)21(26)20-11-15-25(22(20)27)18-7-5-17(6-8-18)16(2)3/h5-8,16,19-20,23H,4,9-15H2,1-3H3. The molecule has 27 heavy (non-hydrogen) atoms. The molecular formula is C22H33N3O2. The topological polar surface area (TPSA) is 52.7 Å². The highest BCUT2D eigenvalue weighted by atomic mass is 16.2. The minimum atomic E-state index is -0.517. The van der Waals surface area contributed by atoms with Gasteiger partial charge in [0.15, 0.2) is 0 Å². The highest BCUT2D eigenvalue weighted by Crippen LogP contribution is 2.29. The molecule has 2 aliphatic heterocycles. The Morgan fingerprint density at radius 3 is 2.44 bits per heavy atom. The fraction of sp³-hybridized carbons (Fsp3) is 0.636. The first-order valence-corrected chi connectivity index (χ1v) is 10.5. The van der Waals surface area contributed by atoms with Crippen molar-refractivity contribution in [1.82, 2.24) is 10.2 Å². The maximum absolute atomic E-state index is 13.2. The third kappa shape index (κ3) is 4.34. The Balaban J connectivity index is 1.71. The van der Waals surface area contributed by atoms with Gasteiger partial charge in [0, 0.05) is 24.8 Å². The molecule has 1 aromatic rings. The van der Waals surface area contributed by atoms with Crippen LogP contribution in [-0.2, 0) is 9.59 Å². The van der Waals surface area contributed by atoms with Crippen molar-refractivity contribution < 1.29 is 9.59 Å². The molecule has 2 aliphatic rings. The van der Waals surface area contributed by atoms with Crippen molar-refractivity contribution in [3.63, 3.8) is 0 Å². The number of carbonyl (C=O) groups is 2. The first-order chi connectivity index (χ1) is 13.0. The van der Waals surface area contributed by atoms with Crippen LogP contribution in [0.5, 0.6) is 0 Å². The quantitative estimate of drug-likeness (QED) is 0.782. The Hall–Kier alpha value is -1.88. The fourth-order valence-electron chi connectivity index (χ4n) is 4.24. The molecule has 2 amide bonds. The van der Waals surface area contributed by atoms with Crippen LogP contribution in [0.15, 0.2) is 24.3 Å². The van der Waals surface area contributed by atoms with Crippen LogP contribution in [0.2, 0.25) is 0 Å². The van der Waals surface area contributed by atoms with Crippen molar-refractivity contribution in [1.29, 1.82) is 0 Å². The van der Waals surface area contributed by atoms with Crippen LogP contribution in [0.25, 0.3) is 0 Å². The van der Waals surface area contributed by atoms with E-state index in [2.05, 4.69) is 38.2 Å². The number of amides is 2. The fourth-order valence-corrected chi connectivity index (χ4v) is 4.24. The van der Waals surface area contributed by atoms with Crippen molar-refractivity contribution in [2.45, 2.75) is 58.4 Å². The Kier molecular flexibility index (Phi) is 6.53. The summed E-state index contributed by atoms with van der Waals surface area (Å²) in [5.41, 5.74) is 2.17. The number of nitrogens with one attached hydrogen (secondary N) is 1. The van der Waals surface area contributed by atoms with E-state index in [-0.39, 0.29) is 17.9 Å². The van der Waals surface area contributed by atoms with Crippen LogP contribution in [0.4, 0.5) is 5.69 Å². The Morgan fingerprint density at radius 2 is 1.85 bits per heavy atom. The summed E-state index contributed by atoms with van der Waals surface area (Å²) in [4.78, 5) is 30.0. The first-order valence-electron chi connectivity index (χ1n) is 10.5. The molecule has 1 atom stereocenters. The lowest BCUT2D eigenvalue weighted by Crippen LogP contribution is -2.49. The zero-order valence-corrected chi connectivity index (χ0v) is 16.9. The number of benzene rings is 1. The largest absolute Gasteiger partial charge is 0.339 e. The summed E-state index contributed by atoms with van der Waals surface area (Å²) in [6, 6.07) is 8.46. The second kappa shape index (κ2) is 8.87. The normalized spacial score (nSPS) is 21.1. The Morgan fingerprint density at radius 1 is 1.19 bits per heavy atom. The maximum atomic E-state index is 13.2. The molecule has 1 unspecified atom stereocenters. The van der Waals surface area contributed by atoms with Gasteiger partial charge in [-0.2, -0.15) is 0 Å². The number of hydrogen-bond donors (Lipinski definition) is 1. The van der Waals surface area contributed by atoms with Gasteiger partial charge in [-0.1, -0.05) is 32.9 Å². The second-order valence-electron chi connectivity index (χ2n) is 8.09. The molecule has 0 spiro atoms. The van der Waals surface area contributed by atoms with Crippen LogP contribution in [-0.4, -0.2) is 48.9 Å². The lowest BCUT2D eigenvalue weighted by molar-refractivity contribution is -0.142. The summed E-state index contributed by atoms with van der Waals surface area (Å²) in [6.07, 6.45) is 3.51. The summed E-state index contributed by atoms with van der Waals surface area (Å²) < 4.78 is 0. The van der Waals surface area contributed by atoms with Crippen molar-refractivity contribution in [3.8, 4) is 0 Å². The predicted molar refractivity (Wildman–Crippen MR) is 109 cm³/mol. The summed E-state index contributed by atoms with van der Waals surface area (Å²) in [5, 5.41) is 3.36. The molecule has 0 bridgehead atoms. The number of hydrogen-bond acceptors (Lipinski definition) is 3. The maximum Gasteiger partial charge on any atom is 0.239 e. The average Bonchev–Trinajstić information content (AvgIpc) is 3.07. The van der Waals surface area contributed by atoms with E-state index in [1.54, 1.807) is 4.90 Å². The van der Waals surface area contributed by atoms with Crippen molar-refractivity contribution in [3.05, 3.63) is 29.8 Å². The molecular weight excluding hydrogens is 338 g/mol. The Bertz CT molecular complexity index is 650. The molecule has 1 aromatic carbocycles. The molecule has 2 fully saturated rings. The molecule has 148 valence electrons. The van der Waals surface area contributed by atoms with Gasteiger partial charge in [-0.05, 0) is 62.4 Å². The molecule has 0 aromatic heterocycles. The molecule has 0 aliphatic carbocycles. The molecule has 1 N–H and O–H groups in total. The van der Waals surface area contributed by atoms with Crippen LogP contribution in [0.1, 0.15) is 57.9 Å². The van der Waals surface area contributed by atoms with Crippen LogP contribution >= 0.6 is 0 Å². The van der Waals surface area contributed by atoms with Crippen LogP contribution < -0.4 is 10.2 Å². The van der Waals surface area contributed by atoms with E-state index in [1.165, 1.54) is 5.56 Å². The highest BCUT2D eigenvalue weighted by Gasteiger charge is 2.41. The van der Waals surface area contributed by atoms with E-state index >= 15 is 0 Å². The first kappa shape index (κ1) is 19.9. The zero-order chi connectivity index (χ0) is 19.4. The van der Waals surface area contributed by atoms with E-state index < -0.39 is 5.92 Å². The molecule has 2 saturated heterocycles. The summed E-state index contributed by atoms with van der Waals surface area (Å²) in [6.45, 7) is 9.69. The third-order valence-electron chi connectivity index (χ3n) is 5.87. The number of carbonyl (C=O) groups excluding carboxylic acids is 2. The lowest BCUT2D eigenvalue weighted by atomic mass is 10.00. The Labute approximate surface area is 163 Å². The minimum Gasteiger partial charge on any atom is -0.339 e. The summed E-state index contributed by atoms with van der Waals surface area (Å²) in [7, 11) is 0. The predicted octanol–water partition coefficient (Wildman–Crippen LogP) is 3.15. The summed E-state index contributed by atoms with van der Waals surface area (Å²) >= 11 is 0.